The lowest BCUT2D eigenvalue weighted by Crippen LogP contribution is -2.04. The van der Waals surface area contributed by atoms with Gasteiger partial charge in [0.25, 0.3) is 0 Å². The van der Waals surface area contributed by atoms with E-state index in [1.165, 1.54) is 6.07 Å². The minimum atomic E-state index is -1.04. The number of fused-ring (bicyclic) bond motifs is 1. The molecule has 4 aromatic rings. The third kappa shape index (κ3) is 3.39. The van der Waals surface area contributed by atoms with Crippen LogP contribution in [0.5, 0.6) is 0 Å². The number of hydrogen-bond acceptors (Lipinski definition) is 5. The summed E-state index contributed by atoms with van der Waals surface area (Å²) in [5.74, 6) is -2.79. The van der Waals surface area contributed by atoms with E-state index in [1.54, 1.807) is 10.9 Å². The van der Waals surface area contributed by atoms with Gasteiger partial charge in [0, 0.05) is 29.9 Å². The fraction of sp³-hybridized carbons (Fsp3) is 0.0556. The second-order valence-electron chi connectivity index (χ2n) is 5.81. The molecular formula is C18H13F3N6. The lowest BCUT2D eigenvalue weighted by Gasteiger charge is -2.10. The number of benzene rings is 2. The molecule has 2 N–H and O–H groups in total. The molecule has 2 heterocycles. The Morgan fingerprint density at radius 2 is 1.63 bits per heavy atom. The lowest BCUT2D eigenvalue weighted by molar-refractivity contribution is 0.509. The van der Waals surface area contributed by atoms with Crippen molar-refractivity contribution < 1.29 is 13.2 Å². The average Bonchev–Trinajstić information content (AvgIpc) is 3.02. The van der Waals surface area contributed by atoms with Crippen LogP contribution in [0.3, 0.4) is 0 Å². The number of hydrogen-bond donors (Lipinski definition) is 2. The summed E-state index contributed by atoms with van der Waals surface area (Å²) in [4.78, 5) is 7.96. The first-order chi connectivity index (χ1) is 13.0. The zero-order valence-corrected chi connectivity index (χ0v) is 14.0. The molecule has 2 aromatic carbocycles. The molecule has 0 radical (unpaired) electrons. The molecule has 0 fully saturated rings. The second kappa shape index (κ2) is 6.60. The van der Waals surface area contributed by atoms with Crippen LogP contribution in [-0.2, 0) is 7.05 Å². The summed E-state index contributed by atoms with van der Waals surface area (Å²) in [6, 6.07) is 8.70. The van der Waals surface area contributed by atoms with Gasteiger partial charge in [-0.2, -0.15) is 10.1 Å². The zero-order valence-electron chi connectivity index (χ0n) is 14.0. The molecule has 6 nitrogen and oxygen atoms in total. The van der Waals surface area contributed by atoms with Gasteiger partial charge in [-0.3, -0.25) is 4.68 Å². The molecule has 0 saturated carbocycles. The number of halogens is 3. The molecule has 0 spiro atoms. The molecule has 0 aliphatic rings. The number of aromatic nitrogens is 4. The van der Waals surface area contributed by atoms with E-state index < -0.39 is 17.5 Å². The molecule has 0 atom stereocenters. The number of nitrogens with one attached hydrogen (secondary N) is 2. The Kier molecular flexibility index (Phi) is 4.11. The van der Waals surface area contributed by atoms with Crippen molar-refractivity contribution in [1.29, 1.82) is 0 Å². The highest BCUT2D eigenvalue weighted by Gasteiger charge is 2.10. The van der Waals surface area contributed by atoms with Crippen molar-refractivity contribution in [2.24, 2.45) is 7.05 Å². The molecule has 0 amide bonds. The largest absolute Gasteiger partial charge is 0.338 e. The van der Waals surface area contributed by atoms with Gasteiger partial charge in [0.1, 0.15) is 0 Å². The predicted octanol–water partition coefficient (Wildman–Crippen LogP) is 4.27. The highest BCUT2D eigenvalue weighted by atomic mass is 19.2. The van der Waals surface area contributed by atoms with Crippen LogP contribution in [0.25, 0.3) is 10.9 Å². The van der Waals surface area contributed by atoms with Gasteiger partial charge in [-0.15, -0.1) is 0 Å². The number of anilines is 4. The minimum Gasteiger partial charge on any atom is -0.338 e. The Bertz CT molecular complexity index is 1140. The van der Waals surface area contributed by atoms with E-state index in [-0.39, 0.29) is 17.5 Å². The van der Waals surface area contributed by atoms with Crippen molar-refractivity contribution in [2.75, 3.05) is 10.6 Å². The first-order valence-electron chi connectivity index (χ1n) is 7.93. The molecule has 0 bridgehead atoms. The van der Waals surface area contributed by atoms with Gasteiger partial charge in [0.2, 0.25) is 5.95 Å². The van der Waals surface area contributed by atoms with Crippen LogP contribution >= 0.6 is 0 Å². The topological polar surface area (TPSA) is 67.7 Å². The van der Waals surface area contributed by atoms with E-state index in [2.05, 4.69) is 25.7 Å². The molecule has 136 valence electrons. The summed E-state index contributed by atoms with van der Waals surface area (Å²) >= 11 is 0. The summed E-state index contributed by atoms with van der Waals surface area (Å²) in [5, 5.41) is 10.7. The number of aryl methyl sites for hydroxylation is 1. The van der Waals surface area contributed by atoms with Gasteiger partial charge in [0.15, 0.2) is 23.3 Å². The standard InChI is InChI=1S/C18H13F3N6/c1-27-16-7-12(3-2-10(16)8-23-27)25-18-22-9-15(21)17(26-18)24-11-4-5-13(19)14(20)6-11/h2-9H,1H3,(H2,22,24,25,26). The number of rotatable bonds is 4. The number of nitrogens with zero attached hydrogens (tertiary/aromatic N) is 4. The van der Waals surface area contributed by atoms with E-state index in [4.69, 9.17) is 0 Å². The van der Waals surface area contributed by atoms with Crippen LogP contribution in [0.2, 0.25) is 0 Å². The summed E-state index contributed by atoms with van der Waals surface area (Å²) in [5.41, 5.74) is 1.76. The van der Waals surface area contributed by atoms with Gasteiger partial charge in [-0.25, -0.2) is 18.2 Å². The first-order valence-corrected chi connectivity index (χ1v) is 7.93. The van der Waals surface area contributed by atoms with E-state index in [1.807, 2.05) is 25.2 Å². The molecule has 0 saturated heterocycles. The first kappa shape index (κ1) is 16.8. The highest BCUT2D eigenvalue weighted by Crippen LogP contribution is 2.23. The zero-order chi connectivity index (χ0) is 19.0. The molecule has 0 aliphatic carbocycles. The fourth-order valence-electron chi connectivity index (χ4n) is 2.58. The van der Waals surface area contributed by atoms with Crippen molar-refractivity contribution in [3.05, 3.63) is 66.2 Å². The van der Waals surface area contributed by atoms with Gasteiger partial charge >= 0.3 is 0 Å². The molecular weight excluding hydrogens is 357 g/mol. The van der Waals surface area contributed by atoms with Gasteiger partial charge < -0.3 is 10.6 Å². The van der Waals surface area contributed by atoms with Crippen LogP contribution in [0.15, 0.2) is 48.8 Å². The van der Waals surface area contributed by atoms with E-state index in [0.717, 1.165) is 29.2 Å². The maximum Gasteiger partial charge on any atom is 0.229 e. The SMILES string of the molecule is Cn1ncc2ccc(Nc3ncc(F)c(Nc4ccc(F)c(F)c4)n3)cc21. The van der Waals surface area contributed by atoms with Gasteiger partial charge in [0.05, 0.1) is 17.9 Å². The van der Waals surface area contributed by atoms with Gasteiger partial charge in [-0.1, -0.05) is 0 Å². The van der Waals surface area contributed by atoms with Crippen molar-refractivity contribution in [3.63, 3.8) is 0 Å². The van der Waals surface area contributed by atoms with Crippen LogP contribution in [0, 0.1) is 17.5 Å². The summed E-state index contributed by atoms with van der Waals surface area (Å²) in [7, 11) is 1.82. The van der Waals surface area contributed by atoms with Gasteiger partial charge in [-0.05, 0) is 30.3 Å². The Morgan fingerprint density at radius 3 is 2.44 bits per heavy atom. The maximum atomic E-state index is 14.0. The Labute approximate surface area is 151 Å². The van der Waals surface area contributed by atoms with E-state index in [9.17, 15) is 13.2 Å². The van der Waals surface area contributed by atoms with Crippen LogP contribution in [0.4, 0.5) is 36.3 Å². The quantitative estimate of drug-likeness (QED) is 0.562. The fourth-order valence-corrected chi connectivity index (χ4v) is 2.58. The molecule has 2 aromatic heterocycles. The predicted molar refractivity (Wildman–Crippen MR) is 95.6 cm³/mol. The third-order valence-electron chi connectivity index (χ3n) is 3.93. The molecule has 27 heavy (non-hydrogen) atoms. The lowest BCUT2D eigenvalue weighted by atomic mass is 10.2. The molecule has 0 aliphatic heterocycles. The minimum absolute atomic E-state index is 0.142. The monoisotopic (exact) mass is 370 g/mol. The normalized spacial score (nSPS) is 11.0. The van der Waals surface area contributed by atoms with Crippen molar-refractivity contribution >= 4 is 34.0 Å². The second-order valence-corrected chi connectivity index (χ2v) is 5.81. The van der Waals surface area contributed by atoms with Crippen LogP contribution < -0.4 is 10.6 Å². The molecule has 0 unspecified atom stereocenters. The highest BCUT2D eigenvalue weighted by molar-refractivity contribution is 5.83. The van der Waals surface area contributed by atoms with Crippen LogP contribution in [0.1, 0.15) is 0 Å². The van der Waals surface area contributed by atoms with Crippen LogP contribution in [-0.4, -0.2) is 19.7 Å². The summed E-state index contributed by atoms with van der Waals surface area (Å²) in [6.07, 6.45) is 2.73. The van der Waals surface area contributed by atoms with E-state index in [0.29, 0.717) is 5.69 Å². The average molecular weight is 370 g/mol. The van der Waals surface area contributed by atoms with E-state index >= 15 is 0 Å². The molecule has 9 heteroatoms. The van der Waals surface area contributed by atoms with Crippen molar-refractivity contribution in [3.8, 4) is 0 Å². The molecule has 4 rings (SSSR count). The summed E-state index contributed by atoms with van der Waals surface area (Å²) in [6.45, 7) is 0. The smallest absolute Gasteiger partial charge is 0.229 e. The Morgan fingerprint density at radius 1 is 0.852 bits per heavy atom. The summed E-state index contributed by atoms with van der Waals surface area (Å²) < 4.78 is 42.1. The Balaban J connectivity index is 1.60. The third-order valence-corrected chi connectivity index (χ3v) is 3.93. The maximum absolute atomic E-state index is 14.0. The van der Waals surface area contributed by atoms with Crippen molar-refractivity contribution in [2.45, 2.75) is 0 Å². The Hall–Kier alpha value is -3.62. The van der Waals surface area contributed by atoms with Crippen molar-refractivity contribution in [1.82, 2.24) is 19.7 Å².